The molecule has 15 heavy (non-hydrogen) atoms. The fourth-order valence-electron chi connectivity index (χ4n) is 1.21. The van der Waals surface area contributed by atoms with Crippen molar-refractivity contribution < 1.29 is 4.74 Å². The highest BCUT2D eigenvalue weighted by Crippen LogP contribution is 2.20. The predicted molar refractivity (Wildman–Crippen MR) is 65.3 cm³/mol. The molecule has 2 rings (SSSR count). The van der Waals surface area contributed by atoms with E-state index in [1.165, 1.54) is 5.56 Å². The molecule has 0 N–H and O–H groups in total. The molecule has 0 fully saturated rings. The first-order chi connectivity index (χ1) is 7.24. The molecule has 0 unspecified atom stereocenters. The first-order valence-electron chi connectivity index (χ1n) is 4.54. The average Bonchev–Trinajstić information content (AvgIpc) is 2.62. The normalized spacial score (nSPS) is 10.3. The maximum Gasteiger partial charge on any atom is 0.159 e. The lowest BCUT2D eigenvalue weighted by molar-refractivity contribution is 0.309. The van der Waals surface area contributed by atoms with Crippen molar-refractivity contribution in [2.75, 3.05) is 0 Å². The number of hydrogen-bond acceptors (Lipinski definition) is 3. The van der Waals surface area contributed by atoms with Gasteiger partial charge in [0.05, 0.1) is 4.88 Å². The van der Waals surface area contributed by atoms with Gasteiger partial charge in [-0.15, -0.1) is 11.3 Å². The van der Waals surface area contributed by atoms with Crippen LogP contribution in [0.25, 0.3) is 0 Å². The lowest BCUT2D eigenvalue weighted by Gasteiger charge is -2.04. The fraction of sp³-hybridized carbons (Fsp3) is 0.182. The zero-order chi connectivity index (χ0) is 10.7. The number of aryl methyl sites for hydroxylation is 1. The van der Waals surface area contributed by atoms with Crippen molar-refractivity contribution in [1.82, 2.24) is 4.98 Å². The quantitative estimate of drug-likeness (QED) is 0.855. The Bertz CT molecular complexity index is 455. The van der Waals surface area contributed by atoms with Crippen LogP contribution in [0.1, 0.15) is 10.4 Å². The minimum atomic E-state index is 0.576. The Kier molecular flexibility index (Phi) is 3.38. The number of rotatable bonds is 3. The maximum absolute atomic E-state index is 5.64. The lowest BCUT2D eigenvalue weighted by atomic mass is 10.2. The molecular weight excluding hydrogens is 274 g/mol. The summed E-state index contributed by atoms with van der Waals surface area (Å²) < 4.78 is 6.53. The van der Waals surface area contributed by atoms with Crippen LogP contribution in [0, 0.1) is 6.92 Å². The van der Waals surface area contributed by atoms with Crippen LogP contribution in [0.3, 0.4) is 0 Å². The SMILES string of the molecule is Cc1cccc(OCc2cnc(Br)s2)c1. The molecule has 1 heterocycles. The minimum absolute atomic E-state index is 0.576. The summed E-state index contributed by atoms with van der Waals surface area (Å²) in [5.41, 5.74) is 1.21. The van der Waals surface area contributed by atoms with Gasteiger partial charge < -0.3 is 4.74 Å². The molecule has 4 heteroatoms. The molecular formula is C11H10BrNOS. The molecule has 2 aromatic rings. The largest absolute Gasteiger partial charge is 0.488 e. The highest BCUT2D eigenvalue weighted by molar-refractivity contribution is 9.11. The topological polar surface area (TPSA) is 22.1 Å². The van der Waals surface area contributed by atoms with Gasteiger partial charge in [0.2, 0.25) is 0 Å². The molecule has 1 aromatic heterocycles. The van der Waals surface area contributed by atoms with E-state index in [0.29, 0.717) is 6.61 Å². The van der Waals surface area contributed by atoms with Crippen LogP contribution < -0.4 is 4.74 Å². The van der Waals surface area contributed by atoms with Crippen LogP contribution in [0.2, 0.25) is 0 Å². The van der Waals surface area contributed by atoms with E-state index in [1.54, 1.807) is 11.3 Å². The Morgan fingerprint density at radius 3 is 3.00 bits per heavy atom. The Hall–Kier alpha value is -0.870. The summed E-state index contributed by atoms with van der Waals surface area (Å²) in [7, 11) is 0. The van der Waals surface area contributed by atoms with Gasteiger partial charge in [-0.2, -0.15) is 0 Å². The summed E-state index contributed by atoms with van der Waals surface area (Å²) in [4.78, 5) is 5.22. The molecule has 78 valence electrons. The van der Waals surface area contributed by atoms with Crippen molar-refractivity contribution in [2.45, 2.75) is 13.5 Å². The highest BCUT2D eigenvalue weighted by atomic mass is 79.9. The van der Waals surface area contributed by atoms with Gasteiger partial charge in [-0.3, -0.25) is 0 Å². The van der Waals surface area contributed by atoms with Crippen LogP contribution >= 0.6 is 27.3 Å². The molecule has 0 aliphatic rings. The van der Waals surface area contributed by atoms with Gasteiger partial charge in [-0.25, -0.2) is 4.98 Å². The van der Waals surface area contributed by atoms with Gasteiger partial charge in [0.1, 0.15) is 12.4 Å². The molecule has 0 saturated heterocycles. The number of thiazole rings is 1. The summed E-state index contributed by atoms with van der Waals surface area (Å²) in [5, 5.41) is 0. The lowest BCUT2D eigenvalue weighted by Crippen LogP contribution is -1.92. The van der Waals surface area contributed by atoms with Crippen molar-refractivity contribution in [2.24, 2.45) is 0 Å². The van der Waals surface area contributed by atoms with Crippen LogP contribution in [0.15, 0.2) is 34.4 Å². The highest BCUT2D eigenvalue weighted by Gasteiger charge is 2.00. The number of aromatic nitrogens is 1. The Balaban J connectivity index is 1.99. The minimum Gasteiger partial charge on any atom is -0.488 e. The van der Waals surface area contributed by atoms with Crippen LogP contribution in [0.5, 0.6) is 5.75 Å². The van der Waals surface area contributed by atoms with E-state index >= 15 is 0 Å². The molecule has 1 aromatic carbocycles. The van der Waals surface area contributed by atoms with Crippen LogP contribution in [-0.2, 0) is 6.61 Å². The number of halogens is 1. The standard InChI is InChI=1S/C11H10BrNOS/c1-8-3-2-4-9(5-8)14-7-10-6-13-11(12)15-10/h2-6H,7H2,1H3. The molecule has 2 nitrogen and oxygen atoms in total. The molecule has 0 aliphatic heterocycles. The molecule has 0 saturated carbocycles. The van der Waals surface area contributed by atoms with Crippen molar-refractivity contribution in [3.05, 3.63) is 44.8 Å². The van der Waals surface area contributed by atoms with E-state index < -0.39 is 0 Å². The molecule has 0 spiro atoms. The second-order valence-electron chi connectivity index (χ2n) is 3.18. The van der Waals surface area contributed by atoms with Crippen molar-refractivity contribution in [3.8, 4) is 5.75 Å². The number of hydrogen-bond donors (Lipinski definition) is 0. The summed E-state index contributed by atoms with van der Waals surface area (Å²) in [6.45, 7) is 2.63. The van der Waals surface area contributed by atoms with Crippen molar-refractivity contribution in [3.63, 3.8) is 0 Å². The van der Waals surface area contributed by atoms with E-state index in [2.05, 4.69) is 33.9 Å². The first kappa shape index (κ1) is 10.6. The molecule has 0 atom stereocenters. The number of ether oxygens (including phenoxy) is 1. The Morgan fingerprint density at radius 1 is 1.47 bits per heavy atom. The molecule has 0 bridgehead atoms. The Labute approximate surface area is 101 Å². The summed E-state index contributed by atoms with van der Waals surface area (Å²) in [5.74, 6) is 0.902. The van der Waals surface area contributed by atoms with Gasteiger partial charge in [0.15, 0.2) is 3.92 Å². The smallest absolute Gasteiger partial charge is 0.159 e. The van der Waals surface area contributed by atoms with E-state index in [-0.39, 0.29) is 0 Å². The molecule has 0 radical (unpaired) electrons. The van der Waals surface area contributed by atoms with E-state index in [1.807, 2.05) is 24.4 Å². The fourth-order valence-corrected chi connectivity index (χ4v) is 2.48. The average molecular weight is 284 g/mol. The summed E-state index contributed by atoms with van der Waals surface area (Å²) >= 11 is 4.91. The van der Waals surface area contributed by atoms with Gasteiger partial charge in [0, 0.05) is 6.20 Å². The monoisotopic (exact) mass is 283 g/mol. The van der Waals surface area contributed by atoms with E-state index in [9.17, 15) is 0 Å². The van der Waals surface area contributed by atoms with E-state index in [0.717, 1.165) is 14.5 Å². The summed E-state index contributed by atoms with van der Waals surface area (Å²) in [6, 6.07) is 8.03. The van der Waals surface area contributed by atoms with Crippen molar-refractivity contribution >= 4 is 27.3 Å². The second kappa shape index (κ2) is 4.77. The van der Waals surface area contributed by atoms with Gasteiger partial charge in [-0.1, -0.05) is 12.1 Å². The predicted octanol–water partition coefficient (Wildman–Crippen LogP) is 3.79. The third-order valence-electron chi connectivity index (χ3n) is 1.90. The Morgan fingerprint density at radius 2 is 2.33 bits per heavy atom. The zero-order valence-electron chi connectivity index (χ0n) is 8.24. The summed E-state index contributed by atoms with van der Waals surface area (Å²) in [6.07, 6.45) is 1.82. The third-order valence-corrected chi connectivity index (χ3v) is 3.35. The van der Waals surface area contributed by atoms with E-state index in [4.69, 9.17) is 4.74 Å². The van der Waals surface area contributed by atoms with Crippen molar-refractivity contribution in [1.29, 1.82) is 0 Å². The zero-order valence-corrected chi connectivity index (χ0v) is 10.6. The molecule has 0 amide bonds. The first-order valence-corrected chi connectivity index (χ1v) is 6.14. The number of benzene rings is 1. The van der Waals surface area contributed by atoms with Gasteiger partial charge in [0.25, 0.3) is 0 Å². The van der Waals surface area contributed by atoms with Gasteiger partial charge in [-0.05, 0) is 40.5 Å². The second-order valence-corrected chi connectivity index (χ2v) is 5.58. The van der Waals surface area contributed by atoms with Crippen LogP contribution in [0.4, 0.5) is 0 Å². The van der Waals surface area contributed by atoms with Gasteiger partial charge >= 0.3 is 0 Å². The third kappa shape index (κ3) is 3.04. The van der Waals surface area contributed by atoms with Crippen LogP contribution in [-0.4, -0.2) is 4.98 Å². The molecule has 0 aliphatic carbocycles. The number of nitrogens with zero attached hydrogens (tertiary/aromatic N) is 1. The maximum atomic E-state index is 5.64.